The number of hydrogen-bond acceptors (Lipinski definition) is 2. The molecule has 1 N–H and O–H groups in total. The standard InChI is InChI=1S/C14H20ClNO2/c1-10-9-11(15)5-6-12(10)18-8-7-16-13(17)14(2,3)4/h5-6,9H,7-8H2,1-4H3,(H,16,17). The van der Waals surface area contributed by atoms with Crippen molar-refractivity contribution in [1.82, 2.24) is 5.32 Å². The molecule has 0 radical (unpaired) electrons. The summed E-state index contributed by atoms with van der Waals surface area (Å²) in [6, 6.07) is 5.48. The van der Waals surface area contributed by atoms with Gasteiger partial charge in [0.05, 0.1) is 6.54 Å². The molecule has 0 aliphatic carbocycles. The Kier molecular flexibility index (Phi) is 5.03. The zero-order valence-electron chi connectivity index (χ0n) is 11.3. The van der Waals surface area contributed by atoms with Crippen molar-refractivity contribution in [3.05, 3.63) is 28.8 Å². The fourth-order valence-corrected chi connectivity index (χ4v) is 1.59. The van der Waals surface area contributed by atoms with Gasteiger partial charge in [-0.2, -0.15) is 0 Å². The Morgan fingerprint density at radius 3 is 2.61 bits per heavy atom. The van der Waals surface area contributed by atoms with Gasteiger partial charge in [-0.05, 0) is 30.7 Å². The summed E-state index contributed by atoms with van der Waals surface area (Å²) >= 11 is 5.86. The molecule has 1 rings (SSSR count). The third kappa shape index (κ3) is 4.57. The lowest BCUT2D eigenvalue weighted by Gasteiger charge is -2.17. The van der Waals surface area contributed by atoms with Crippen LogP contribution in [0.1, 0.15) is 26.3 Å². The molecule has 0 fully saturated rings. The van der Waals surface area contributed by atoms with Crippen LogP contribution in [0.15, 0.2) is 18.2 Å². The molecule has 0 saturated carbocycles. The van der Waals surface area contributed by atoms with Crippen LogP contribution in [0.25, 0.3) is 0 Å². The first-order chi connectivity index (χ1) is 8.30. The number of carbonyl (C=O) groups is 1. The fraction of sp³-hybridized carbons (Fsp3) is 0.500. The van der Waals surface area contributed by atoms with E-state index in [1.165, 1.54) is 0 Å². The first-order valence-electron chi connectivity index (χ1n) is 5.98. The quantitative estimate of drug-likeness (QED) is 0.853. The molecule has 0 aliphatic rings. The summed E-state index contributed by atoms with van der Waals surface area (Å²) in [4.78, 5) is 11.6. The van der Waals surface area contributed by atoms with Crippen molar-refractivity contribution < 1.29 is 9.53 Å². The van der Waals surface area contributed by atoms with Gasteiger partial charge in [-0.25, -0.2) is 0 Å². The highest BCUT2D eigenvalue weighted by Gasteiger charge is 2.20. The first-order valence-corrected chi connectivity index (χ1v) is 6.36. The molecule has 0 saturated heterocycles. The van der Waals surface area contributed by atoms with E-state index in [1.54, 1.807) is 6.07 Å². The lowest BCUT2D eigenvalue weighted by atomic mass is 9.96. The van der Waals surface area contributed by atoms with Crippen LogP contribution in [0, 0.1) is 12.3 Å². The van der Waals surface area contributed by atoms with E-state index in [4.69, 9.17) is 16.3 Å². The highest BCUT2D eigenvalue weighted by atomic mass is 35.5. The van der Waals surface area contributed by atoms with Gasteiger partial charge in [-0.3, -0.25) is 4.79 Å². The molecule has 100 valence electrons. The molecule has 3 nitrogen and oxygen atoms in total. The largest absolute Gasteiger partial charge is 0.491 e. The topological polar surface area (TPSA) is 38.3 Å². The van der Waals surface area contributed by atoms with E-state index in [1.807, 2.05) is 39.8 Å². The molecule has 0 atom stereocenters. The lowest BCUT2D eigenvalue weighted by Crippen LogP contribution is -2.37. The minimum absolute atomic E-state index is 0.0268. The number of rotatable bonds is 4. The summed E-state index contributed by atoms with van der Waals surface area (Å²) in [5, 5.41) is 3.53. The SMILES string of the molecule is Cc1cc(Cl)ccc1OCCNC(=O)C(C)(C)C. The molecule has 0 aliphatic heterocycles. The van der Waals surface area contributed by atoms with Gasteiger partial charge in [0.1, 0.15) is 12.4 Å². The van der Waals surface area contributed by atoms with Gasteiger partial charge in [-0.1, -0.05) is 32.4 Å². The van der Waals surface area contributed by atoms with Crippen LogP contribution >= 0.6 is 11.6 Å². The molecule has 18 heavy (non-hydrogen) atoms. The van der Waals surface area contributed by atoms with Crippen molar-refractivity contribution >= 4 is 17.5 Å². The summed E-state index contributed by atoms with van der Waals surface area (Å²) < 4.78 is 5.58. The summed E-state index contributed by atoms with van der Waals surface area (Å²) in [6.45, 7) is 8.53. The molecule has 0 unspecified atom stereocenters. The smallest absolute Gasteiger partial charge is 0.225 e. The van der Waals surface area contributed by atoms with E-state index in [0.29, 0.717) is 18.2 Å². The monoisotopic (exact) mass is 269 g/mol. The number of benzene rings is 1. The molecule has 4 heteroatoms. The zero-order chi connectivity index (χ0) is 13.8. The summed E-state index contributed by atoms with van der Waals surface area (Å²) in [5.74, 6) is 0.823. The Bertz CT molecular complexity index is 424. The normalized spacial score (nSPS) is 11.2. The van der Waals surface area contributed by atoms with Gasteiger partial charge in [0.15, 0.2) is 0 Å². The minimum Gasteiger partial charge on any atom is -0.491 e. The molecule has 0 heterocycles. The molecule has 0 aromatic heterocycles. The molecule has 1 aromatic carbocycles. The molecule has 0 spiro atoms. The number of carbonyl (C=O) groups excluding carboxylic acids is 1. The van der Waals surface area contributed by atoms with E-state index in [2.05, 4.69) is 5.32 Å². The van der Waals surface area contributed by atoms with E-state index in [9.17, 15) is 4.79 Å². The summed E-state index contributed by atoms with van der Waals surface area (Å²) in [6.07, 6.45) is 0. The number of nitrogens with one attached hydrogen (secondary N) is 1. The van der Waals surface area contributed by atoms with Gasteiger partial charge in [0.2, 0.25) is 5.91 Å². The summed E-state index contributed by atoms with van der Waals surface area (Å²) in [5.41, 5.74) is 0.626. The zero-order valence-corrected chi connectivity index (χ0v) is 12.1. The predicted octanol–water partition coefficient (Wildman–Crippen LogP) is 3.19. The highest BCUT2D eigenvalue weighted by molar-refractivity contribution is 6.30. The van der Waals surface area contributed by atoms with Gasteiger partial charge in [0, 0.05) is 10.4 Å². The number of ether oxygens (including phenoxy) is 1. The van der Waals surface area contributed by atoms with Crippen LogP contribution < -0.4 is 10.1 Å². The first kappa shape index (κ1) is 14.8. The Labute approximate surface area is 113 Å². The van der Waals surface area contributed by atoms with Crippen molar-refractivity contribution in [2.45, 2.75) is 27.7 Å². The summed E-state index contributed by atoms with van der Waals surface area (Å²) in [7, 11) is 0. The second-order valence-corrected chi connectivity index (χ2v) is 5.70. The second kappa shape index (κ2) is 6.10. The van der Waals surface area contributed by atoms with Crippen molar-refractivity contribution in [2.24, 2.45) is 5.41 Å². The van der Waals surface area contributed by atoms with Gasteiger partial charge >= 0.3 is 0 Å². The maximum absolute atomic E-state index is 11.6. The van der Waals surface area contributed by atoms with Crippen molar-refractivity contribution in [3.8, 4) is 5.75 Å². The number of hydrogen-bond donors (Lipinski definition) is 1. The Balaban J connectivity index is 2.36. The van der Waals surface area contributed by atoms with Crippen LogP contribution in [0.3, 0.4) is 0 Å². The van der Waals surface area contributed by atoms with Crippen molar-refractivity contribution in [3.63, 3.8) is 0 Å². The van der Waals surface area contributed by atoms with Gasteiger partial charge in [-0.15, -0.1) is 0 Å². The number of amides is 1. The number of aryl methyl sites for hydroxylation is 1. The number of halogens is 1. The lowest BCUT2D eigenvalue weighted by molar-refractivity contribution is -0.128. The Hall–Kier alpha value is -1.22. The van der Waals surface area contributed by atoms with Gasteiger partial charge < -0.3 is 10.1 Å². The van der Waals surface area contributed by atoms with E-state index in [0.717, 1.165) is 11.3 Å². The molecule has 0 bridgehead atoms. The fourth-order valence-electron chi connectivity index (χ4n) is 1.37. The van der Waals surface area contributed by atoms with E-state index in [-0.39, 0.29) is 11.3 Å². The van der Waals surface area contributed by atoms with E-state index >= 15 is 0 Å². The van der Waals surface area contributed by atoms with Crippen molar-refractivity contribution in [1.29, 1.82) is 0 Å². The minimum atomic E-state index is -0.365. The Morgan fingerprint density at radius 2 is 2.06 bits per heavy atom. The van der Waals surface area contributed by atoms with Crippen LogP contribution in [-0.2, 0) is 4.79 Å². The van der Waals surface area contributed by atoms with Crippen molar-refractivity contribution in [2.75, 3.05) is 13.2 Å². The Morgan fingerprint density at radius 1 is 1.39 bits per heavy atom. The molecule has 1 aromatic rings. The van der Waals surface area contributed by atoms with Crippen LogP contribution in [-0.4, -0.2) is 19.1 Å². The van der Waals surface area contributed by atoms with E-state index < -0.39 is 0 Å². The molecule has 1 amide bonds. The maximum atomic E-state index is 11.6. The highest BCUT2D eigenvalue weighted by Crippen LogP contribution is 2.21. The van der Waals surface area contributed by atoms with Gasteiger partial charge in [0.25, 0.3) is 0 Å². The third-order valence-electron chi connectivity index (χ3n) is 2.46. The second-order valence-electron chi connectivity index (χ2n) is 5.26. The maximum Gasteiger partial charge on any atom is 0.225 e. The van der Waals surface area contributed by atoms with Crippen LogP contribution in [0.2, 0.25) is 5.02 Å². The molecular weight excluding hydrogens is 250 g/mol. The predicted molar refractivity (Wildman–Crippen MR) is 74.1 cm³/mol. The average Bonchev–Trinajstić information content (AvgIpc) is 2.25. The third-order valence-corrected chi connectivity index (χ3v) is 2.70. The van der Waals surface area contributed by atoms with Crippen LogP contribution in [0.4, 0.5) is 0 Å². The average molecular weight is 270 g/mol. The van der Waals surface area contributed by atoms with Crippen LogP contribution in [0.5, 0.6) is 5.75 Å². The molecular formula is C14H20ClNO2.